The number of aromatic nitrogens is 6. The molecule has 26 heavy (non-hydrogen) atoms. The number of halogens is 1. The van der Waals surface area contributed by atoms with Crippen molar-refractivity contribution in [2.24, 2.45) is 0 Å². The number of tetrazole rings is 1. The highest BCUT2D eigenvalue weighted by Crippen LogP contribution is 2.31. The molecule has 0 saturated carbocycles. The smallest absolute Gasteiger partial charge is 0.255 e. The zero-order valence-electron chi connectivity index (χ0n) is 14.0. The molecular formula is C16H16ClN7O2. The van der Waals surface area contributed by atoms with Gasteiger partial charge in [-0.1, -0.05) is 11.6 Å². The minimum Gasteiger partial charge on any atom is -0.496 e. The molecule has 3 aromatic rings. The van der Waals surface area contributed by atoms with Gasteiger partial charge in [-0.15, -0.1) is 5.10 Å². The number of benzene rings is 1. The van der Waals surface area contributed by atoms with E-state index in [4.69, 9.17) is 16.3 Å². The van der Waals surface area contributed by atoms with Crippen molar-refractivity contribution in [1.82, 2.24) is 35.3 Å². The number of fused-ring (bicyclic) bond motifs is 1. The molecule has 0 fully saturated rings. The number of ether oxygens (including phenoxy) is 1. The van der Waals surface area contributed by atoms with E-state index in [-0.39, 0.29) is 11.9 Å². The number of rotatable bonds is 4. The molecule has 1 aliphatic heterocycles. The molecule has 1 N–H and O–H groups in total. The summed E-state index contributed by atoms with van der Waals surface area (Å²) in [6.07, 6.45) is 4.98. The fourth-order valence-corrected chi connectivity index (χ4v) is 3.39. The zero-order valence-corrected chi connectivity index (χ0v) is 14.7. The maximum Gasteiger partial charge on any atom is 0.255 e. The molecule has 1 unspecified atom stereocenters. The number of aryl methyl sites for hydroxylation is 1. The van der Waals surface area contributed by atoms with Gasteiger partial charge in [-0.3, -0.25) is 9.48 Å². The highest BCUT2D eigenvalue weighted by Gasteiger charge is 2.25. The van der Waals surface area contributed by atoms with Crippen LogP contribution in [0.15, 0.2) is 30.7 Å². The van der Waals surface area contributed by atoms with Gasteiger partial charge in [0.1, 0.15) is 12.1 Å². The van der Waals surface area contributed by atoms with E-state index in [0.717, 1.165) is 25.1 Å². The van der Waals surface area contributed by atoms with Gasteiger partial charge in [-0.25, -0.2) is 0 Å². The van der Waals surface area contributed by atoms with Crippen molar-refractivity contribution in [3.8, 4) is 11.4 Å². The monoisotopic (exact) mass is 373 g/mol. The largest absolute Gasteiger partial charge is 0.496 e. The van der Waals surface area contributed by atoms with Crippen molar-refractivity contribution < 1.29 is 9.53 Å². The Balaban J connectivity index is 1.63. The van der Waals surface area contributed by atoms with Crippen LogP contribution in [0.3, 0.4) is 0 Å². The van der Waals surface area contributed by atoms with E-state index in [1.54, 1.807) is 18.3 Å². The molecule has 1 atom stereocenters. The van der Waals surface area contributed by atoms with Gasteiger partial charge >= 0.3 is 0 Å². The number of hydrogen-bond acceptors (Lipinski definition) is 6. The average Bonchev–Trinajstić information content (AvgIpc) is 3.33. The summed E-state index contributed by atoms with van der Waals surface area (Å²) in [4.78, 5) is 12.8. The van der Waals surface area contributed by atoms with E-state index >= 15 is 0 Å². The van der Waals surface area contributed by atoms with Gasteiger partial charge in [0.15, 0.2) is 0 Å². The van der Waals surface area contributed by atoms with Crippen LogP contribution in [0.1, 0.15) is 34.9 Å². The van der Waals surface area contributed by atoms with E-state index in [1.807, 2.05) is 10.7 Å². The quantitative estimate of drug-likeness (QED) is 0.748. The molecule has 2 aromatic heterocycles. The third-order valence-electron chi connectivity index (χ3n) is 4.38. The third kappa shape index (κ3) is 2.90. The van der Waals surface area contributed by atoms with Crippen LogP contribution in [0.5, 0.6) is 5.75 Å². The van der Waals surface area contributed by atoms with Crippen molar-refractivity contribution >= 4 is 17.5 Å². The summed E-state index contributed by atoms with van der Waals surface area (Å²) in [5, 5.41) is 18.7. The number of carbonyl (C=O) groups is 1. The molecule has 3 heterocycles. The molecule has 10 heteroatoms. The highest BCUT2D eigenvalue weighted by molar-refractivity contribution is 6.33. The van der Waals surface area contributed by atoms with Crippen molar-refractivity contribution in [2.45, 2.75) is 25.4 Å². The second-order valence-corrected chi connectivity index (χ2v) is 6.31. The summed E-state index contributed by atoms with van der Waals surface area (Å²) in [6.45, 7) is 0.866. The van der Waals surface area contributed by atoms with Crippen LogP contribution < -0.4 is 10.1 Å². The fourth-order valence-electron chi connectivity index (χ4n) is 3.14. The van der Waals surface area contributed by atoms with Crippen molar-refractivity contribution in [3.63, 3.8) is 0 Å². The standard InChI is InChI=1S/C16H16ClN7O2/c1-26-15-8-14(24-9-18-21-22-24)11(17)7-10(15)16(25)20-12-3-2-6-23-13(12)4-5-19-23/h4-5,7-9,12H,2-3,6H2,1H3,(H,20,25). The zero-order chi connectivity index (χ0) is 18.1. The van der Waals surface area contributed by atoms with Crippen LogP contribution in [-0.4, -0.2) is 43.0 Å². The van der Waals surface area contributed by atoms with Crippen molar-refractivity contribution in [2.75, 3.05) is 7.11 Å². The highest BCUT2D eigenvalue weighted by atomic mass is 35.5. The average molecular weight is 374 g/mol. The lowest BCUT2D eigenvalue weighted by Crippen LogP contribution is -2.33. The number of nitrogens with one attached hydrogen (secondary N) is 1. The van der Waals surface area contributed by atoms with Gasteiger partial charge in [0.2, 0.25) is 0 Å². The van der Waals surface area contributed by atoms with Gasteiger partial charge in [-0.05, 0) is 35.4 Å². The summed E-state index contributed by atoms with van der Waals surface area (Å²) in [5.41, 5.74) is 1.88. The first-order valence-electron chi connectivity index (χ1n) is 8.11. The molecule has 0 aliphatic carbocycles. The lowest BCUT2D eigenvalue weighted by molar-refractivity contribution is 0.0925. The topological polar surface area (TPSA) is 99.8 Å². The minimum absolute atomic E-state index is 0.0959. The van der Waals surface area contributed by atoms with Gasteiger partial charge in [0, 0.05) is 18.8 Å². The maximum absolute atomic E-state index is 12.8. The Morgan fingerprint density at radius 1 is 1.42 bits per heavy atom. The van der Waals surface area contributed by atoms with Crippen LogP contribution in [-0.2, 0) is 6.54 Å². The molecule has 4 rings (SSSR count). The van der Waals surface area contributed by atoms with Gasteiger partial charge in [-0.2, -0.15) is 9.78 Å². The summed E-state index contributed by atoms with van der Waals surface area (Å²) >= 11 is 6.33. The molecule has 9 nitrogen and oxygen atoms in total. The van der Waals surface area contributed by atoms with Gasteiger partial charge in [0.25, 0.3) is 5.91 Å². The number of nitrogens with zero attached hydrogens (tertiary/aromatic N) is 6. The van der Waals surface area contributed by atoms with E-state index in [9.17, 15) is 4.79 Å². The third-order valence-corrected chi connectivity index (χ3v) is 4.69. The van der Waals surface area contributed by atoms with Gasteiger partial charge < -0.3 is 10.1 Å². The maximum atomic E-state index is 12.8. The molecule has 134 valence electrons. The second kappa shape index (κ2) is 6.75. The van der Waals surface area contributed by atoms with Crippen LogP contribution >= 0.6 is 11.6 Å². The van der Waals surface area contributed by atoms with Gasteiger partial charge in [0.05, 0.1) is 35.1 Å². The molecule has 0 spiro atoms. The summed E-state index contributed by atoms with van der Waals surface area (Å²) < 4.78 is 8.71. The van der Waals surface area contributed by atoms with E-state index in [0.29, 0.717) is 22.0 Å². The van der Waals surface area contributed by atoms with Crippen molar-refractivity contribution in [1.29, 1.82) is 0 Å². The molecule has 0 bridgehead atoms. The second-order valence-electron chi connectivity index (χ2n) is 5.91. The summed E-state index contributed by atoms with van der Waals surface area (Å²) in [6, 6.07) is 5.03. The minimum atomic E-state index is -0.258. The Labute approximate surface area is 153 Å². The van der Waals surface area contributed by atoms with Crippen LogP contribution in [0.4, 0.5) is 0 Å². The predicted molar refractivity (Wildman–Crippen MR) is 92.4 cm³/mol. The first kappa shape index (κ1) is 16.5. The van der Waals surface area contributed by atoms with E-state index in [1.165, 1.54) is 18.1 Å². The Morgan fingerprint density at radius 2 is 2.31 bits per heavy atom. The molecule has 1 aromatic carbocycles. The van der Waals surface area contributed by atoms with Crippen LogP contribution in [0.25, 0.3) is 5.69 Å². The molecule has 1 amide bonds. The Morgan fingerprint density at radius 3 is 3.08 bits per heavy atom. The Hall–Kier alpha value is -2.94. The fraction of sp³-hybridized carbons (Fsp3) is 0.312. The SMILES string of the molecule is COc1cc(-n2cnnn2)c(Cl)cc1C(=O)NC1CCCn2nccc21. The Bertz CT molecular complexity index is 938. The van der Waals surface area contributed by atoms with Crippen LogP contribution in [0.2, 0.25) is 5.02 Å². The van der Waals surface area contributed by atoms with Crippen LogP contribution in [0, 0.1) is 0 Å². The number of carbonyl (C=O) groups excluding carboxylic acids is 1. The molecule has 0 radical (unpaired) electrons. The summed E-state index contributed by atoms with van der Waals surface area (Å²) in [5.74, 6) is 0.133. The normalized spacial score (nSPS) is 16.2. The Kier molecular flexibility index (Phi) is 4.29. The molecular weight excluding hydrogens is 358 g/mol. The molecule has 1 aliphatic rings. The predicted octanol–water partition coefficient (Wildman–Crippen LogP) is 1.79. The summed E-state index contributed by atoms with van der Waals surface area (Å²) in [7, 11) is 1.50. The van der Waals surface area contributed by atoms with Crippen molar-refractivity contribution in [3.05, 3.63) is 47.0 Å². The first-order chi connectivity index (χ1) is 12.7. The first-order valence-corrected chi connectivity index (χ1v) is 8.48. The number of methoxy groups -OCH3 is 1. The van der Waals surface area contributed by atoms with E-state index < -0.39 is 0 Å². The number of hydrogen-bond donors (Lipinski definition) is 1. The number of amides is 1. The molecule has 0 saturated heterocycles. The van der Waals surface area contributed by atoms with E-state index in [2.05, 4.69) is 25.9 Å². The lowest BCUT2D eigenvalue weighted by Gasteiger charge is -2.25. The lowest BCUT2D eigenvalue weighted by atomic mass is 10.0.